The van der Waals surface area contributed by atoms with Crippen LogP contribution >= 0.6 is 23.1 Å². The van der Waals surface area contributed by atoms with Crippen LogP contribution in [-0.2, 0) is 9.47 Å². The molecule has 3 aromatic rings. The number of nitrogens with zero attached hydrogens (tertiary/aromatic N) is 2. The highest BCUT2D eigenvalue weighted by atomic mass is 32.2. The Kier molecular flexibility index (Phi) is 6.19. The van der Waals surface area contributed by atoms with Crippen molar-refractivity contribution in [2.45, 2.75) is 4.90 Å². The summed E-state index contributed by atoms with van der Waals surface area (Å²) in [6.07, 6.45) is 0. The summed E-state index contributed by atoms with van der Waals surface area (Å²) in [5.41, 5.74) is 6.88. The van der Waals surface area contributed by atoms with Gasteiger partial charge in [0.2, 0.25) is 5.95 Å². The zero-order valence-electron chi connectivity index (χ0n) is 13.7. The number of fused-ring (bicyclic) bond motifs is 1. The van der Waals surface area contributed by atoms with Crippen LogP contribution in [0.15, 0.2) is 35.2 Å². The monoisotopic (exact) mass is 378 g/mol. The van der Waals surface area contributed by atoms with Crippen molar-refractivity contribution < 1.29 is 13.9 Å². The summed E-state index contributed by atoms with van der Waals surface area (Å²) in [7, 11) is 1.66. The summed E-state index contributed by atoms with van der Waals surface area (Å²) in [4.78, 5) is 9.54. The van der Waals surface area contributed by atoms with Crippen LogP contribution in [0.25, 0.3) is 20.9 Å². The molecule has 0 fully saturated rings. The third-order valence-electron chi connectivity index (χ3n) is 3.38. The number of ether oxygens (including phenoxy) is 2. The lowest BCUT2D eigenvalue weighted by Crippen LogP contribution is -2.04. The highest BCUT2D eigenvalue weighted by molar-refractivity contribution is 7.99. The molecule has 0 bridgehead atoms. The van der Waals surface area contributed by atoms with Crippen LogP contribution in [0.1, 0.15) is 0 Å². The summed E-state index contributed by atoms with van der Waals surface area (Å²) < 4.78 is 25.0. The van der Waals surface area contributed by atoms with E-state index in [0.717, 1.165) is 20.9 Å². The first-order chi connectivity index (χ1) is 12.2. The van der Waals surface area contributed by atoms with Crippen LogP contribution in [0.3, 0.4) is 0 Å². The number of nitrogens with two attached hydrogens (primary N) is 1. The Morgan fingerprint density at radius 1 is 1.16 bits per heavy atom. The molecule has 132 valence electrons. The molecule has 3 rings (SSSR count). The zero-order chi connectivity index (χ0) is 17.6. The molecule has 0 aliphatic heterocycles. The van der Waals surface area contributed by atoms with Gasteiger partial charge >= 0.3 is 0 Å². The second kappa shape index (κ2) is 8.57. The minimum absolute atomic E-state index is 0.0382. The van der Waals surface area contributed by atoms with Crippen LogP contribution in [0.2, 0.25) is 0 Å². The van der Waals surface area contributed by atoms with Gasteiger partial charge in [-0.05, 0) is 30.3 Å². The largest absolute Gasteiger partial charge is 0.395 e. The Morgan fingerprint density at radius 2 is 2.04 bits per heavy atom. The van der Waals surface area contributed by atoms with Crippen LogP contribution < -0.4 is 5.73 Å². The summed E-state index contributed by atoms with van der Waals surface area (Å²) in [5.74, 6) is 0.201. The van der Waals surface area contributed by atoms with Crippen LogP contribution in [0.5, 0.6) is 0 Å². The second-order valence-corrected chi connectivity index (χ2v) is 7.38. The number of halogens is 1. The lowest BCUT2D eigenvalue weighted by Gasteiger charge is -2.03. The molecule has 8 heteroatoms. The SMILES string of the molecule is COCCOCCSc1ccc2nc(-c3ccc(N)c([18F])n3)sc2c1. The molecule has 0 aliphatic carbocycles. The molecule has 0 saturated heterocycles. The number of thiazole rings is 1. The van der Waals surface area contributed by atoms with Gasteiger partial charge in [-0.2, -0.15) is 4.39 Å². The molecule has 0 radical (unpaired) electrons. The fourth-order valence-corrected chi connectivity index (χ4v) is 3.98. The molecular formula is C17H18FN3O2S2. The molecule has 1 aromatic carbocycles. The number of hydrogen-bond donors (Lipinski definition) is 1. The lowest BCUT2D eigenvalue weighted by molar-refractivity contribution is 0.0790. The molecule has 0 spiro atoms. The highest BCUT2D eigenvalue weighted by Gasteiger charge is 2.10. The topological polar surface area (TPSA) is 70.3 Å². The number of rotatable bonds is 8. The van der Waals surface area contributed by atoms with Crippen molar-refractivity contribution >= 4 is 39.0 Å². The average molecular weight is 378 g/mol. The molecule has 0 aliphatic rings. The van der Waals surface area contributed by atoms with Crippen LogP contribution in [0.4, 0.5) is 10.1 Å². The highest BCUT2D eigenvalue weighted by Crippen LogP contribution is 2.32. The van der Waals surface area contributed by atoms with E-state index < -0.39 is 5.95 Å². The van der Waals surface area contributed by atoms with E-state index in [1.807, 2.05) is 12.1 Å². The molecule has 0 unspecified atom stereocenters. The number of thioether (sulfide) groups is 1. The smallest absolute Gasteiger partial charge is 0.236 e. The van der Waals surface area contributed by atoms with Gasteiger partial charge in [-0.25, -0.2) is 9.97 Å². The summed E-state index contributed by atoms with van der Waals surface area (Å²) in [6, 6.07) is 9.28. The predicted octanol–water partition coefficient (Wildman–Crippen LogP) is 3.83. The fourth-order valence-electron chi connectivity index (χ4n) is 2.13. The predicted molar refractivity (Wildman–Crippen MR) is 101 cm³/mol. The van der Waals surface area contributed by atoms with Gasteiger partial charge in [0.15, 0.2) is 0 Å². The van der Waals surface area contributed by atoms with Crippen molar-refractivity contribution in [2.24, 2.45) is 0 Å². The summed E-state index contributed by atoms with van der Waals surface area (Å²) in [6.45, 7) is 1.90. The molecule has 2 N–H and O–H groups in total. The van der Waals surface area contributed by atoms with Crippen molar-refractivity contribution in [2.75, 3.05) is 38.4 Å². The van der Waals surface area contributed by atoms with Crippen molar-refractivity contribution in [1.29, 1.82) is 0 Å². The van der Waals surface area contributed by atoms with Gasteiger partial charge in [0.05, 0.1) is 35.7 Å². The molecule has 2 heterocycles. The van der Waals surface area contributed by atoms with Crippen molar-refractivity contribution in [3.05, 3.63) is 36.3 Å². The van der Waals surface area contributed by atoms with Crippen molar-refractivity contribution in [1.82, 2.24) is 9.97 Å². The number of hydrogen-bond acceptors (Lipinski definition) is 7. The van der Waals surface area contributed by atoms with E-state index in [9.17, 15) is 4.39 Å². The van der Waals surface area contributed by atoms with Gasteiger partial charge < -0.3 is 15.2 Å². The minimum Gasteiger partial charge on any atom is -0.395 e. The Hall–Kier alpha value is -1.74. The number of aromatic nitrogens is 2. The number of pyridine rings is 1. The third-order valence-corrected chi connectivity index (χ3v) is 5.38. The Morgan fingerprint density at radius 3 is 2.84 bits per heavy atom. The molecule has 0 atom stereocenters. The molecule has 0 amide bonds. The Labute approximate surface area is 153 Å². The van der Waals surface area contributed by atoms with E-state index >= 15 is 0 Å². The second-order valence-electron chi connectivity index (χ2n) is 5.18. The standard InChI is InChI=1S/C17H18FN3O2S2/c1-22-6-7-23-8-9-24-11-2-4-13-15(10-11)25-17(21-13)14-5-3-12(19)16(18)20-14/h2-5,10H,6-9,19H2,1H3/i18-1. The average Bonchev–Trinajstić information content (AvgIpc) is 3.03. The minimum atomic E-state index is -0.665. The first-order valence-electron chi connectivity index (χ1n) is 7.70. The van der Waals surface area contributed by atoms with E-state index in [0.29, 0.717) is 30.5 Å². The molecular weight excluding hydrogens is 360 g/mol. The maximum absolute atomic E-state index is 13.6. The van der Waals surface area contributed by atoms with Gasteiger partial charge in [-0.1, -0.05) is 0 Å². The molecule has 5 nitrogen and oxygen atoms in total. The summed E-state index contributed by atoms with van der Waals surface area (Å²) >= 11 is 3.21. The van der Waals surface area contributed by atoms with Crippen LogP contribution in [-0.4, -0.2) is 42.7 Å². The van der Waals surface area contributed by atoms with Crippen LogP contribution in [0, 0.1) is 5.95 Å². The molecule has 25 heavy (non-hydrogen) atoms. The van der Waals surface area contributed by atoms with Gasteiger partial charge in [-0.15, -0.1) is 23.1 Å². The van der Waals surface area contributed by atoms with E-state index in [4.69, 9.17) is 15.2 Å². The van der Waals surface area contributed by atoms with Crippen molar-refractivity contribution in [3.63, 3.8) is 0 Å². The van der Waals surface area contributed by atoms with Gasteiger partial charge in [0.1, 0.15) is 10.7 Å². The normalized spacial score (nSPS) is 11.3. The zero-order valence-corrected chi connectivity index (χ0v) is 15.3. The van der Waals surface area contributed by atoms with E-state index in [-0.39, 0.29) is 5.69 Å². The van der Waals surface area contributed by atoms with Crippen molar-refractivity contribution in [3.8, 4) is 10.7 Å². The molecule has 2 aromatic heterocycles. The Balaban J connectivity index is 1.68. The third kappa shape index (κ3) is 4.66. The number of nitrogen functional groups attached to an aromatic ring is 1. The maximum atomic E-state index is 13.6. The number of methoxy groups -OCH3 is 1. The quantitative estimate of drug-likeness (QED) is 0.365. The van der Waals surface area contributed by atoms with Gasteiger partial charge in [0.25, 0.3) is 0 Å². The van der Waals surface area contributed by atoms with Gasteiger partial charge in [-0.3, -0.25) is 0 Å². The molecule has 0 saturated carbocycles. The number of anilines is 1. The fraction of sp³-hybridized carbons (Fsp3) is 0.294. The Bertz CT molecular complexity index is 857. The van der Waals surface area contributed by atoms with E-state index in [2.05, 4.69) is 16.0 Å². The van der Waals surface area contributed by atoms with Gasteiger partial charge in [0, 0.05) is 17.8 Å². The van der Waals surface area contributed by atoms with E-state index in [1.165, 1.54) is 17.4 Å². The maximum Gasteiger partial charge on any atom is 0.236 e. The first kappa shape index (κ1) is 18.1. The first-order valence-corrected chi connectivity index (χ1v) is 9.50. The van der Waals surface area contributed by atoms with E-state index in [1.54, 1.807) is 24.9 Å². The lowest BCUT2D eigenvalue weighted by atomic mass is 10.3. The number of benzene rings is 1. The summed E-state index contributed by atoms with van der Waals surface area (Å²) in [5, 5.41) is 0.680.